The highest BCUT2D eigenvalue weighted by Gasteiger charge is 2.07. The van der Waals surface area contributed by atoms with E-state index < -0.39 is 0 Å². The van der Waals surface area contributed by atoms with Crippen molar-refractivity contribution in [3.05, 3.63) is 0 Å². The minimum atomic E-state index is -0.0936. The van der Waals surface area contributed by atoms with Gasteiger partial charge in [-0.1, -0.05) is 0 Å². The molecule has 0 N–H and O–H groups in total. The SMILES string of the molecule is CN(C)C=NCOC(C)(C)C. The van der Waals surface area contributed by atoms with Gasteiger partial charge in [-0.3, -0.25) is 0 Å². The van der Waals surface area contributed by atoms with E-state index in [4.69, 9.17) is 4.74 Å². The van der Waals surface area contributed by atoms with Crippen LogP contribution in [0, 0.1) is 0 Å². The van der Waals surface area contributed by atoms with Gasteiger partial charge in [0, 0.05) is 14.1 Å². The second-order valence-electron chi connectivity index (χ2n) is 3.65. The number of nitrogens with zero attached hydrogens (tertiary/aromatic N) is 2. The molecule has 0 radical (unpaired) electrons. The summed E-state index contributed by atoms with van der Waals surface area (Å²) in [6.07, 6.45) is 1.74. The monoisotopic (exact) mass is 158 g/mol. The molecule has 3 heteroatoms. The van der Waals surface area contributed by atoms with E-state index in [1.54, 1.807) is 6.34 Å². The van der Waals surface area contributed by atoms with Crippen LogP contribution in [0.3, 0.4) is 0 Å². The van der Waals surface area contributed by atoms with Gasteiger partial charge in [0.2, 0.25) is 0 Å². The molecule has 0 fully saturated rings. The van der Waals surface area contributed by atoms with E-state index in [9.17, 15) is 0 Å². The second kappa shape index (κ2) is 4.34. The van der Waals surface area contributed by atoms with E-state index in [1.807, 2.05) is 39.8 Å². The van der Waals surface area contributed by atoms with Crippen LogP contribution in [0.5, 0.6) is 0 Å². The van der Waals surface area contributed by atoms with Crippen LogP contribution < -0.4 is 0 Å². The number of ether oxygens (including phenoxy) is 1. The quantitative estimate of drug-likeness (QED) is 0.457. The van der Waals surface area contributed by atoms with Crippen LogP contribution in [0.4, 0.5) is 0 Å². The lowest BCUT2D eigenvalue weighted by atomic mass is 10.2. The van der Waals surface area contributed by atoms with Crippen molar-refractivity contribution >= 4 is 6.34 Å². The molecule has 0 rings (SSSR count). The zero-order chi connectivity index (χ0) is 8.91. The van der Waals surface area contributed by atoms with Gasteiger partial charge in [0.1, 0.15) is 6.73 Å². The van der Waals surface area contributed by atoms with Crippen molar-refractivity contribution in [1.82, 2.24) is 4.90 Å². The van der Waals surface area contributed by atoms with Crippen molar-refractivity contribution in [3.8, 4) is 0 Å². The summed E-state index contributed by atoms with van der Waals surface area (Å²) in [5.74, 6) is 0. The van der Waals surface area contributed by atoms with E-state index in [0.717, 1.165) is 0 Å². The van der Waals surface area contributed by atoms with Crippen LogP contribution >= 0.6 is 0 Å². The summed E-state index contributed by atoms with van der Waals surface area (Å²) < 4.78 is 5.36. The Hall–Kier alpha value is -0.570. The lowest BCUT2D eigenvalue weighted by molar-refractivity contribution is 0.00192. The first kappa shape index (κ1) is 10.4. The summed E-state index contributed by atoms with van der Waals surface area (Å²) in [7, 11) is 3.86. The summed E-state index contributed by atoms with van der Waals surface area (Å²) in [6, 6.07) is 0. The molecule has 11 heavy (non-hydrogen) atoms. The summed E-state index contributed by atoms with van der Waals surface area (Å²) >= 11 is 0. The maximum atomic E-state index is 5.36. The van der Waals surface area contributed by atoms with Gasteiger partial charge in [-0.05, 0) is 20.8 Å². The number of rotatable bonds is 3. The van der Waals surface area contributed by atoms with Crippen LogP contribution in [-0.4, -0.2) is 37.7 Å². The first-order chi connectivity index (χ1) is 4.92. The normalized spacial score (nSPS) is 12.5. The molecular formula is C8H18N2O. The van der Waals surface area contributed by atoms with Gasteiger partial charge in [0.05, 0.1) is 11.9 Å². The number of aliphatic imine (C=N–C) groups is 1. The van der Waals surface area contributed by atoms with Gasteiger partial charge in [0.15, 0.2) is 0 Å². The number of hydrogen-bond donors (Lipinski definition) is 0. The minimum absolute atomic E-state index is 0.0936. The molecule has 0 saturated heterocycles. The van der Waals surface area contributed by atoms with Crippen LogP contribution in [0.15, 0.2) is 4.99 Å². The molecule has 0 amide bonds. The zero-order valence-corrected chi connectivity index (χ0v) is 8.09. The third kappa shape index (κ3) is 9.43. The number of hydrogen-bond acceptors (Lipinski definition) is 2. The molecule has 3 nitrogen and oxygen atoms in total. The van der Waals surface area contributed by atoms with Gasteiger partial charge >= 0.3 is 0 Å². The Morgan fingerprint density at radius 2 is 1.91 bits per heavy atom. The minimum Gasteiger partial charge on any atom is -0.369 e. The van der Waals surface area contributed by atoms with Gasteiger partial charge in [0.25, 0.3) is 0 Å². The molecule has 0 aliphatic rings. The van der Waals surface area contributed by atoms with E-state index >= 15 is 0 Å². The van der Waals surface area contributed by atoms with Crippen molar-refractivity contribution < 1.29 is 4.74 Å². The topological polar surface area (TPSA) is 24.8 Å². The van der Waals surface area contributed by atoms with E-state index in [0.29, 0.717) is 6.73 Å². The average molecular weight is 158 g/mol. The summed E-state index contributed by atoms with van der Waals surface area (Å²) in [6.45, 7) is 6.47. The molecule has 0 heterocycles. The Morgan fingerprint density at radius 1 is 1.36 bits per heavy atom. The third-order valence-corrected chi connectivity index (χ3v) is 0.885. The smallest absolute Gasteiger partial charge is 0.139 e. The van der Waals surface area contributed by atoms with Crippen molar-refractivity contribution in [2.24, 2.45) is 4.99 Å². The molecule has 0 saturated carbocycles. The highest BCUT2D eigenvalue weighted by molar-refractivity contribution is 5.53. The standard InChI is InChI=1S/C8H18N2O/c1-8(2,3)11-7-9-6-10(4)5/h6H,7H2,1-5H3. The molecule has 0 spiro atoms. The van der Waals surface area contributed by atoms with Crippen molar-refractivity contribution in [1.29, 1.82) is 0 Å². The summed E-state index contributed by atoms with van der Waals surface area (Å²) in [5, 5.41) is 0. The van der Waals surface area contributed by atoms with E-state index in [1.165, 1.54) is 0 Å². The highest BCUT2D eigenvalue weighted by atomic mass is 16.5. The summed E-state index contributed by atoms with van der Waals surface area (Å²) in [4.78, 5) is 5.92. The zero-order valence-electron chi connectivity index (χ0n) is 8.09. The molecule has 0 aliphatic carbocycles. The molecule has 0 atom stereocenters. The first-order valence-electron chi connectivity index (χ1n) is 3.72. The van der Waals surface area contributed by atoms with E-state index in [2.05, 4.69) is 4.99 Å². The van der Waals surface area contributed by atoms with Crippen molar-refractivity contribution in [3.63, 3.8) is 0 Å². The average Bonchev–Trinajstić information content (AvgIpc) is 1.78. The Balaban J connectivity index is 3.42. The summed E-state index contributed by atoms with van der Waals surface area (Å²) in [5.41, 5.74) is -0.0936. The van der Waals surface area contributed by atoms with Gasteiger partial charge < -0.3 is 9.64 Å². The molecular weight excluding hydrogens is 140 g/mol. The van der Waals surface area contributed by atoms with Gasteiger partial charge in [-0.2, -0.15) is 0 Å². The first-order valence-corrected chi connectivity index (χ1v) is 3.72. The molecule has 0 aliphatic heterocycles. The Bertz CT molecular complexity index is 125. The highest BCUT2D eigenvalue weighted by Crippen LogP contribution is 2.05. The third-order valence-electron chi connectivity index (χ3n) is 0.885. The van der Waals surface area contributed by atoms with Crippen LogP contribution in [0.25, 0.3) is 0 Å². The van der Waals surface area contributed by atoms with Gasteiger partial charge in [-0.15, -0.1) is 0 Å². The largest absolute Gasteiger partial charge is 0.369 e. The molecule has 0 unspecified atom stereocenters. The van der Waals surface area contributed by atoms with Crippen molar-refractivity contribution in [2.75, 3.05) is 20.8 Å². The molecule has 0 aromatic carbocycles. The van der Waals surface area contributed by atoms with Crippen LogP contribution in [0.2, 0.25) is 0 Å². The fourth-order valence-corrected chi connectivity index (χ4v) is 0.428. The fraction of sp³-hybridized carbons (Fsp3) is 0.875. The fourth-order valence-electron chi connectivity index (χ4n) is 0.428. The Morgan fingerprint density at radius 3 is 2.27 bits per heavy atom. The Kier molecular flexibility index (Phi) is 4.11. The predicted octanol–water partition coefficient (Wildman–Crippen LogP) is 1.35. The van der Waals surface area contributed by atoms with Crippen LogP contribution in [-0.2, 0) is 4.74 Å². The lowest BCUT2D eigenvalue weighted by Gasteiger charge is -2.17. The molecule has 66 valence electrons. The maximum Gasteiger partial charge on any atom is 0.139 e. The maximum absolute atomic E-state index is 5.36. The Labute approximate surface area is 69.1 Å². The van der Waals surface area contributed by atoms with Crippen molar-refractivity contribution in [2.45, 2.75) is 26.4 Å². The molecule has 0 aromatic rings. The molecule has 0 bridgehead atoms. The second-order valence-corrected chi connectivity index (χ2v) is 3.65. The lowest BCUT2D eigenvalue weighted by Crippen LogP contribution is -2.19. The van der Waals surface area contributed by atoms with Crippen LogP contribution in [0.1, 0.15) is 20.8 Å². The van der Waals surface area contributed by atoms with Gasteiger partial charge in [-0.25, -0.2) is 4.99 Å². The predicted molar refractivity (Wildman–Crippen MR) is 47.9 cm³/mol. The molecule has 0 aromatic heterocycles. The van der Waals surface area contributed by atoms with E-state index in [-0.39, 0.29) is 5.60 Å².